The molecule has 0 atom stereocenters. The SMILES string of the molecule is Cc1ccc(F)c(-c2nc3c(F)cc(F)cc3[nH]2)c1. The predicted molar refractivity (Wildman–Crippen MR) is 66.1 cm³/mol. The molecule has 0 aliphatic heterocycles. The molecule has 0 fully saturated rings. The Hall–Kier alpha value is -2.30. The summed E-state index contributed by atoms with van der Waals surface area (Å²) in [6.45, 7) is 1.81. The minimum atomic E-state index is -0.773. The first kappa shape index (κ1) is 11.8. The van der Waals surface area contributed by atoms with Gasteiger partial charge in [0.25, 0.3) is 0 Å². The number of aryl methyl sites for hydroxylation is 1. The number of hydrogen-bond acceptors (Lipinski definition) is 1. The smallest absolute Gasteiger partial charge is 0.153 e. The maximum Gasteiger partial charge on any atom is 0.153 e. The van der Waals surface area contributed by atoms with Gasteiger partial charge in [-0.1, -0.05) is 11.6 Å². The van der Waals surface area contributed by atoms with Crippen LogP contribution in [0.3, 0.4) is 0 Å². The Morgan fingerprint density at radius 1 is 1.00 bits per heavy atom. The van der Waals surface area contributed by atoms with E-state index in [1.807, 2.05) is 6.92 Å². The molecular weight excluding hydrogens is 253 g/mol. The molecule has 0 unspecified atom stereocenters. The van der Waals surface area contributed by atoms with E-state index in [0.29, 0.717) is 0 Å². The van der Waals surface area contributed by atoms with E-state index in [1.54, 1.807) is 12.1 Å². The number of halogens is 3. The normalized spacial score (nSPS) is 11.2. The fourth-order valence-electron chi connectivity index (χ4n) is 1.99. The summed E-state index contributed by atoms with van der Waals surface area (Å²) < 4.78 is 40.4. The lowest BCUT2D eigenvalue weighted by Gasteiger charge is -2.00. The van der Waals surface area contributed by atoms with E-state index in [-0.39, 0.29) is 22.4 Å². The van der Waals surface area contributed by atoms with E-state index < -0.39 is 17.5 Å². The molecule has 0 amide bonds. The third-order valence-electron chi connectivity index (χ3n) is 2.88. The first-order chi connectivity index (χ1) is 9.04. The van der Waals surface area contributed by atoms with Gasteiger partial charge in [0.2, 0.25) is 0 Å². The van der Waals surface area contributed by atoms with Crippen molar-refractivity contribution in [1.82, 2.24) is 9.97 Å². The van der Waals surface area contributed by atoms with Crippen LogP contribution in [0.15, 0.2) is 30.3 Å². The molecule has 2 aromatic carbocycles. The lowest BCUT2D eigenvalue weighted by Crippen LogP contribution is -1.87. The Kier molecular flexibility index (Phi) is 2.55. The molecule has 96 valence electrons. The number of nitrogens with zero attached hydrogens (tertiary/aromatic N) is 1. The highest BCUT2D eigenvalue weighted by Gasteiger charge is 2.13. The number of aromatic amines is 1. The van der Waals surface area contributed by atoms with Crippen molar-refractivity contribution in [1.29, 1.82) is 0 Å². The highest BCUT2D eigenvalue weighted by molar-refractivity contribution is 5.80. The molecule has 2 nitrogen and oxygen atoms in total. The molecule has 19 heavy (non-hydrogen) atoms. The molecular formula is C14H9F3N2. The van der Waals surface area contributed by atoms with E-state index in [9.17, 15) is 13.2 Å². The molecule has 0 spiro atoms. The molecule has 0 aliphatic rings. The minimum absolute atomic E-state index is 0.00249. The fourth-order valence-corrected chi connectivity index (χ4v) is 1.99. The number of benzene rings is 2. The molecule has 3 aromatic rings. The monoisotopic (exact) mass is 262 g/mol. The maximum atomic E-state index is 13.7. The van der Waals surface area contributed by atoms with Crippen molar-refractivity contribution in [2.45, 2.75) is 6.92 Å². The van der Waals surface area contributed by atoms with Crippen molar-refractivity contribution in [3.63, 3.8) is 0 Å². The Morgan fingerprint density at radius 2 is 1.79 bits per heavy atom. The van der Waals surface area contributed by atoms with E-state index in [4.69, 9.17) is 0 Å². The van der Waals surface area contributed by atoms with Crippen LogP contribution < -0.4 is 0 Å². The molecule has 1 heterocycles. The quantitative estimate of drug-likeness (QED) is 0.706. The van der Waals surface area contributed by atoms with E-state index >= 15 is 0 Å². The molecule has 0 bridgehead atoms. The van der Waals surface area contributed by atoms with Crippen molar-refractivity contribution in [2.24, 2.45) is 0 Å². The molecule has 0 aliphatic carbocycles. The van der Waals surface area contributed by atoms with Gasteiger partial charge < -0.3 is 4.98 Å². The van der Waals surface area contributed by atoms with Crippen LogP contribution >= 0.6 is 0 Å². The van der Waals surface area contributed by atoms with Crippen LogP contribution in [-0.2, 0) is 0 Å². The number of nitrogens with one attached hydrogen (secondary N) is 1. The van der Waals surface area contributed by atoms with Crippen LogP contribution in [0.2, 0.25) is 0 Å². The largest absolute Gasteiger partial charge is 0.338 e. The minimum Gasteiger partial charge on any atom is -0.338 e. The van der Waals surface area contributed by atoms with Crippen LogP contribution in [0.4, 0.5) is 13.2 Å². The maximum absolute atomic E-state index is 13.7. The second-order valence-corrected chi connectivity index (χ2v) is 4.35. The first-order valence-electron chi connectivity index (χ1n) is 5.66. The second-order valence-electron chi connectivity index (χ2n) is 4.35. The number of aromatic nitrogens is 2. The van der Waals surface area contributed by atoms with Crippen molar-refractivity contribution in [3.8, 4) is 11.4 Å². The highest BCUT2D eigenvalue weighted by Crippen LogP contribution is 2.25. The van der Waals surface area contributed by atoms with Gasteiger partial charge in [-0.15, -0.1) is 0 Å². The van der Waals surface area contributed by atoms with Crippen LogP contribution in [0, 0.1) is 24.4 Å². The Labute approximate surface area is 106 Å². The third kappa shape index (κ3) is 1.97. The van der Waals surface area contributed by atoms with Crippen molar-refractivity contribution < 1.29 is 13.2 Å². The standard InChI is InChI=1S/C14H9F3N2/c1-7-2-3-10(16)9(4-7)14-18-12-6-8(15)5-11(17)13(12)19-14/h2-6H,1H3,(H,18,19). The lowest BCUT2D eigenvalue weighted by molar-refractivity contribution is 0.590. The van der Waals surface area contributed by atoms with Gasteiger partial charge in [0, 0.05) is 6.07 Å². The van der Waals surface area contributed by atoms with Crippen LogP contribution in [0.1, 0.15) is 5.56 Å². The summed E-state index contributed by atoms with van der Waals surface area (Å²) in [5.41, 5.74) is 1.28. The Morgan fingerprint density at radius 3 is 2.58 bits per heavy atom. The summed E-state index contributed by atoms with van der Waals surface area (Å²) in [5.74, 6) is -1.76. The number of imidazole rings is 1. The summed E-state index contributed by atoms with van der Waals surface area (Å²) in [4.78, 5) is 6.72. The first-order valence-corrected chi connectivity index (χ1v) is 5.66. The number of rotatable bonds is 1. The average Bonchev–Trinajstić information content (AvgIpc) is 2.76. The Balaban J connectivity index is 2.26. The summed E-state index contributed by atoms with van der Waals surface area (Å²) in [6.07, 6.45) is 0. The predicted octanol–water partition coefficient (Wildman–Crippen LogP) is 3.96. The van der Waals surface area contributed by atoms with Gasteiger partial charge in [0.05, 0.1) is 11.1 Å². The van der Waals surface area contributed by atoms with E-state index in [0.717, 1.165) is 17.7 Å². The summed E-state index contributed by atoms with van der Waals surface area (Å²) >= 11 is 0. The van der Waals surface area contributed by atoms with Gasteiger partial charge in [0.15, 0.2) is 5.82 Å². The topological polar surface area (TPSA) is 28.7 Å². The highest BCUT2D eigenvalue weighted by atomic mass is 19.1. The number of H-pyrrole nitrogens is 1. The van der Waals surface area contributed by atoms with Crippen LogP contribution in [0.25, 0.3) is 22.4 Å². The van der Waals surface area contributed by atoms with Gasteiger partial charge in [-0.25, -0.2) is 18.2 Å². The third-order valence-corrected chi connectivity index (χ3v) is 2.88. The number of hydrogen-bond donors (Lipinski definition) is 1. The molecule has 3 rings (SSSR count). The fraction of sp³-hybridized carbons (Fsp3) is 0.0714. The molecule has 5 heteroatoms. The zero-order valence-corrected chi connectivity index (χ0v) is 9.97. The zero-order chi connectivity index (χ0) is 13.6. The number of fused-ring (bicyclic) bond motifs is 1. The molecule has 0 radical (unpaired) electrons. The van der Waals surface area contributed by atoms with Gasteiger partial charge >= 0.3 is 0 Å². The van der Waals surface area contributed by atoms with Gasteiger partial charge in [-0.05, 0) is 25.1 Å². The average molecular weight is 262 g/mol. The summed E-state index contributed by atoms with van der Waals surface area (Å²) in [5, 5.41) is 0. The van der Waals surface area contributed by atoms with Crippen LogP contribution in [-0.4, -0.2) is 9.97 Å². The van der Waals surface area contributed by atoms with Crippen LogP contribution in [0.5, 0.6) is 0 Å². The van der Waals surface area contributed by atoms with E-state index in [1.165, 1.54) is 6.07 Å². The van der Waals surface area contributed by atoms with Crippen molar-refractivity contribution in [2.75, 3.05) is 0 Å². The summed E-state index contributed by atoms with van der Waals surface area (Å²) in [6, 6.07) is 6.42. The van der Waals surface area contributed by atoms with E-state index in [2.05, 4.69) is 9.97 Å². The Bertz CT molecular complexity index is 778. The van der Waals surface area contributed by atoms with Crippen molar-refractivity contribution >= 4 is 11.0 Å². The second kappa shape index (κ2) is 4.12. The zero-order valence-electron chi connectivity index (χ0n) is 9.97. The summed E-state index contributed by atoms with van der Waals surface area (Å²) in [7, 11) is 0. The van der Waals surface area contributed by atoms with Gasteiger partial charge in [0.1, 0.15) is 23.0 Å². The van der Waals surface area contributed by atoms with Crippen molar-refractivity contribution in [3.05, 3.63) is 53.3 Å². The molecule has 1 aromatic heterocycles. The van der Waals surface area contributed by atoms with Gasteiger partial charge in [-0.2, -0.15) is 0 Å². The van der Waals surface area contributed by atoms with Gasteiger partial charge in [-0.3, -0.25) is 0 Å². The molecule has 1 N–H and O–H groups in total. The molecule has 0 saturated carbocycles. The molecule has 0 saturated heterocycles. The lowest BCUT2D eigenvalue weighted by atomic mass is 10.1.